The van der Waals surface area contributed by atoms with E-state index in [-0.39, 0.29) is 23.6 Å². The van der Waals surface area contributed by atoms with Crippen LogP contribution < -0.4 is 0 Å². The van der Waals surface area contributed by atoms with E-state index in [2.05, 4.69) is 20.1 Å². The molecule has 4 aromatic heterocycles. The smallest absolute Gasteiger partial charge is 0.267 e. The third kappa shape index (κ3) is 3.11. The third-order valence-electron chi connectivity index (χ3n) is 4.24. The first kappa shape index (κ1) is 17.7. The highest BCUT2D eigenvalue weighted by Crippen LogP contribution is 2.31. The Bertz CT molecular complexity index is 1160. The highest BCUT2D eigenvalue weighted by atomic mass is 35.5. The van der Waals surface area contributed by atoms with Gasteiger partial charge in [-0.15, -0.1) is 5.10 Å². The number of hydrogen-bond acceptors (Lipinski definition) is 5. The molecule has 0 spiro atoms. The number of nitrogens with zero attached hydrogens (tertiary/aromatic N) is 5. The van der Waals surface area contributed by atoms with Crippen LogP contribution in [0.4, 0.5) is 8.78 Å². The van der Waals surface area contributed by atoms with E-state index < -0.39 is 6.43 Å². The molecule has 0 fully saturated rings. The number of ether oxygens (including phenoxy) is 1. The monoisotopic (exact) mass is 389 g/mol. The van der Waals surface area contributed by atoms with Crippen LogP contribution in [0.1, 0.15) is 23.2 Å². The van der Waals surface area contributed by atoms with E-state index in [1.54, 1.807) is 24.7 Å². The van der Waals surface area contributed by atoms with Gasteiger partial charge in [0, 0.05) is 47.7 Å². The van der Waals surface area contributed by atoms with Gasteiger partial charge in [-0.25, -0.2) is 23.3 Å². The van der Waals surface area contributed by atoms with Crippen molar-refractivity contribution in [3.63, 3.8) is 0 Å². The molecule has 4 heterocycles. The molecule has 0 saturated heterocycles. The fourth-order valence-corrected chi connectivity index (χ4v) is 3.17. The van der Waals surface area contributed by atoms with Crippen LogP contribution in [0.15, 0.2) is 30.7 Å². The van der Waals surface area contributed by atoms with Crippen molar-refractivity contribution < 1.29 is 13.5 Å². The van der Waals surface area contributed by atoms with Gasteiger partial charge in [0.25, 0.3) is 6.43 Å². The van der Waals surface area contributed by atoms with E-state index in [9.17, 15) is 8.78 Å². The van der Waals surface area contributed by atoms with Crippen molar-refractivity contribution in [1.82, 2.24) is 24.6 Å². The van der Waals surface area contributed by atoms with Gasteiger partial charge in [0.05, 0.1) is 12.2 Å². The Morgan fingerprint density at radius 2 is 2.00 bits per heavy atom. The predicted molar refractivity (Wildman–Crippen MR) is 96.9 cm³/mol. The van der Waals surface area contributed by atoms with Crippen LogP contribution >= 0.6 is 11.6 Å². The highest BCUT2D eigenvalue weighted by molar-refractivity contribution is 6.30. The first-order valence-electron chi connectivity index (χ1n) is 8.05. The molecule has 0 unspecified atom stereocenters. The minimum Gasteiger partial charge on any atom is -0.380 e. The zero-order valence-electron chi connectivity index (χ0n) is 14.4. The van der Waals surface area contributed by atoms with Crippen LogP contribution in [0.3, 0.4) is 0 Å². The quantitative estimate of drug-likeness (QED) is 0.484. The van der Waals surface area contributed by atoms with Crippen molar-refractivity contribution in [1.29, 1.82) is 0 Å². The standard InChI is InChI=1S/C18H14ClF2N5O/c1-9-13-5-23-15(19)4-11(13)14(6-22-9)17-24-18-12(16(20)21)3-10(8-27-2)7-26(18)25-17/h3-7,16H,8H2,1-2H3. The van der Waals surface area contributed by atoms with Crippen LogP contribution in [0, 0.1) is 6.92 Å². The van der Waals surface area contributed by atoms with E-state index in [0.29, 0.717) is 16.3 Å². The van der Waals surface area contributed by atoms with E-state index in [4.69, 9.17) is 16.3 Å². The van der Waals surface area contributed by atoms with Crippen LogP contribution in [0.5, 0.6) is 0 Å². The molecule has 9 heteroatoms. The van der Waals surface area contributed by atoms with Gasteiger partial charge in [-0.2, -0.15) is 0 Å². The lowest BCUT2D eigenvalue weighted by Crippen LogP contribution is -1.99. The molecular weight excluding hydrogens is 376 g/mol. The number of hydrogen-bond donors (Lipinski definition) is 0. The molecule has 4 rings (SSSR count). The maximum atomic E-state index is 13.5. The molecule has 138 valence electrons. The summed E-state index contributed by atoms with van der Waals surface area (Å²) in [5, 5.41) is 6.26. The number of pyridine rings is 3. The van der Waals surface area contributed by atoms with Crippen molar-refractivity contribution >= 4 is 28.0 Å². The Kier molecular flexibility index (Phi) is 4.45. The Balaban J connectivity index is 1.98. The van der Waals surface area contributed by atoms with Gasteiger partial charge < -0.3 is 4.74 Å². The Hall–Kier alpha value is -2.71. The Morgan fingerprint density at radius 1 is 1.19 bits per heavy atom. The number of aromatic nitrogens is 5. The summed E-state index contributed by atoms with van der Waals surface area (Å²) < 4.78 is 33.5. The number of methoxy groups -OCH3 is 1. The van der Waals surface area contributed by atoms with Crippen molar-refractivity contribution in [3.8, 4) is 11.4 Å². The maximum absolute atomic E-state index is 13.5. The van der Waals surface area contributed by atoms with Gasteiger partial charge in [0.15, 0.2) is 11.5 Å². The zero-order valence-corrected chi connectivity index (χ0v) is 15.2. The number of alkyl halides is 2. The number of fused-ring (bicyclic) bond motifs is 2. The fraction of sp³-hybridized carbons (Fsp3) is 0.222. The molecule has 0 aliphatic rings. The van der Waals surface area contributed by atoms with Crippen molar-refractivity contribution in [2.75, 3.05) is 7.11 Å². The predicted octanol–water partition coefficient (Wildman–Crippen LogP) is 4.39. The second kappa shape index (κ2) is 6.79. The van der Waals surface area contributed by atoms with Crippen molar-refractivity contribution in [2.45, 2.75) is 20.0 Å². The van der Waals surface area contributed by atoms with Crippen molar-refractivity contribution in [3.05, 3.63) is 52.7 Å². The second-order valence-electron chi connectivity index (χ2n) is 6.05. The summed E-state index contributed by atoms with van der Waals surface area (Å²) in [5.41, 5.74) is 1.84. The summed E-state index contributed by atoms with van der Waals surface area (Å²) in [6.45, 7) is 2.05. The average molecular weight is 390 g/mol. The number of halogens is 3. The van der Waals surface area contributed by atoms with Gasteiger partial charge in [0.2, 0.25) is 0 Å². The van der Waals surface area contributed by atoms with Gasteiger partial charge in [-0.05, 0) is 24.6 Å². The molecule has 0 bridgehead atoms. The summed E-state index contributed by atoms with van der Waals surface area (Å²) >= 11 is 6.04. The molecule has 4 aromatic rings. The average Bonchev–Trinajstić information content (AvgIpc) is 3.05. The molecule has 0 amide bonds. The zero-order chi connectivity index (χ0) is 19.1. The summed E-state index contributed by atoms with van der Waals surface area (Å²) in [6, 6.07) is 3.07. The third-order valence-corrected chi connectivity index (χ3v) is 4.45. The first-order chi connectivity index (χ1) is 13.0. The Labute approximate surface area is 157 Å². The van der Waals surface area contributed by atoms with Crippen molar-refractivity contribution in [2.24, 2.45) is 0 Å². The molecule has 0 N–H and O–H groups in total. The van der Waals surface area contributed by atoms with Crippen LogP contribution in [-0.4, -0.2) is 31.7 Å². The normalized spacial score (nSPS) is 11.8. The summed E-state index contributed by atoms with van der Waals surface area (Å²) in [5.74, 6) is 0.284. The molecule has 6 nitrogen and oxygen atoms in total. The number of rotatable bonds is 4. The summed E-state index contributed by atoms with van der Waals surface area (Å²) in [6.07, 6.45) is 2.17. The Morgan fingerprint density at radius 3 is 2.74 bits per heavy atom. The minimum absolute atomic E-state index is 0.0914. The fourth-order valence-electron chi connectivity index (χ4n) is 3.01. The highest BCUT2D eigenvalue weighted by Gasteiger charge is 2.19. The molecule has 0 aliphatic heterocycles. The minimum atomic E-state index is -2.69. The maximum Gasteiger partial charge on any atom is 0.267 e. The lowest BCUT2D eigenvalue weighted by Gasteiger charge is -2.05. The topological polar surface area (TPSA) is 65.2 Å². The second-order valence-corrected chi connectivity index (χ2v) is 6.44. The van der Waals surface area contributed by atoms with Gasteiger partial charge >= 0.3 is 0 Å². The largest absolute Gasteiger partial charge is 0.380 e. The first-order valence-corrected chi connectivity index (χ1v) is 8.43. The number of aryl methyl sites for hydroxylation is 1. The molecule has 0 aliphatic carbocycles. The molecule has 27 heavy (non-hydrogen) atoms. The van der Waals surface area contributed by atoms with Crippen LogP contribution in [-0.2, 0) is 11.3 Å². The van der Waals surface area contributed by atoms with Gasteiger partial charge in [0.1, 0.15) is 5.15 Å². The molecule has 0 saturated carbocycles. The van der Waals surface area contributed by atoms with E-state index in [0.717, 1.165) is 16.5 Å². The van der Waals surface area contributed by atoms with Crippen LogP contribution in [0.25, 0.3) is 27.8 Å². The van der Waals surface area contributed by atoms with Gasteiger partial charge in [-0.1, -0.05) is 11.6 Å². The van der Waals surface area contributed by atoms with E-state index in [1.807, 2.05) is 6.92 Å². The lowest BCUT2D eigenvalue weighted by molar-refractivity contribution is 0.151. The van der Waals surface area contributed by atoms with Gasteiger partial charge in [-0.3, -0.25) is 4.98 Å². The van der Waals surface area contributed by atoms with E-state index >= 15 is 0 Å². The van der Waals surface area contributed by atoms with Crippen LogP contribution in [0.2, 0.25) is 5.15 Å². The molecular formula is C18H14ClF2N5O. The summed E-state index contributed by atoms with van der Waals surface area (Å²) in [7, 11) is 1.50. The molecule has 0 aromatic carbocycles. The molecule has 0 radical (unpaired) electrons. The molecule has 0 atom stereocenters. The lowest BCUT2D eigenvalue weighted by atomic mass is 10.1. The summed E-state index contributed by atoms with van der Waals surface area (Å²) in [4.78, 5) is 12.8. The SMILES string of the molecule is COCc1cc(C(F)F)c2nc(-c3cnc(C)c4cnc(Cl)cc34)nn2c1. The van der Waals surface area contributed by atoms with E-state index in [1.165, 1.54) is 17.7 Å².